The van der Waals surface area contributed by atoms with Gasteiger partial charge in [0.15, 0.2) is 0 Å². The average Bonchev–Trinajstić information content (AvgIpc) is 3.40. The van der Waals surface area contributed by atoms with Crippen LogP contribution < -0.4 is 9.64 Å². The van der Waals surface area contributed by atoms with Gasteiger partial charge in [-0.15, -0.1) is 0 Å². The third-order valence-corrected chi connectivity index (χ3v) is 6.71. The molecule has 5 rings (SSSR count). The number of halogens is 2. The van der Waals surface area contributed by atoms with Gasteiger partial charge in [-0.2, -0.15) is 0 Å². The number of anilines is 1. The molecule has 1 aliphatic heterocycles. The normalized spacial score (nSPS) is 15.9. The molecule has 0 bridgehead atoms. The van der Waals surface area contributed by atoms with Crippen LogP contribution in [0.4, 0.5) is 5.69 Å². The number of hydrogen-bond acceptors (Lipinski definition) is 3. The van der Waals surface area contributed by atoms with Crippen molar-refractivity contribution < 1.29 is 9.53 Å². The van der Waals surface area contributed by atoms with Crippen molar-refractivity contribution in [3.05, 3.63) is 88.7 Å². The summed E-state index contributed by atoms with van der Waals surface area (Å²) in [4.78, 5) is 19.6. The Morgan fingerprint density at radius 1 is 0.971 bits per heavy atom. The van der Waals surface area contributed by atoms with Crippen molar-refractivity contribution in [2.75, 3.05) is 18.1 Å². The number of aryl methyl sites for hydroxylation is 1. The fourth-order valence-electron chi connectivity index (χ4n) is 4.53. The highest BCUT2D eigenvalue weighted by Gasteiger charge is 2.34. The summed E-state index contributed by atoms with van der Waals surface area (Å²) in [5, 5.41) is 1.25. The lowest BCUT2D eigenvalue weighted by Gasteiger charge is -2.18. The van der Waals surface area contributed by atoms with E-state index in [0.717, 1.165) is 41.9 Å². The van der Waals surface area contributed by atoms with E-state index in [9.17, 15) is 4.79 Å². The Hall–Kier alpha value is -3.02. The zero-order valence-corrected chi connectivity index (χ0v) is 20.2. The van der Waals surface area contributed by atoms with E-state index < -0.39 is 0 Å². The zero-order chi connectivity index (χ0) is 23.5. The summed E-state index contributed by atoms with van der Waals surface area (Å²) >= 11 is 12.3. The van der Waals surface area contributed by atoms with E-state index in [1.165, 1.54) is 0 Å². The van der Waals surface area contributed by atoms with Crippen molar-refractivity contribution >= 4 is 45.8 Å². The summed E-state index contributed by atoms with van der Waals surface area (Å²) < 4.78 is 8.11. The number of imidazole rings is 1. The third-order valence-electron chi connectivity index (χ3n) is 6.16. The van der Waals surface area contributed by atoms with Gasteiger partial charge in [0, 0.05) is 36.1 Å². The first-order valence-corrected chi connectivity index (χ1v) is 12.2. The lowest BCUT2D eigenvalue weighted by atomic mass is 10.1. The van der Waals surface area contributed by atoms with Crippen LogP contribution in [0.1, 0.15) is 31.0 Å². The van der Waals surface area contributed by atoms with Gasteiger partial charge in [-0.3, -0.25) is 4.79 Å². The molecule has 0 N–H and O–H groups in total. The molecule has 1 aliphatic rings. The van der Waals surface area contributed by atoms with Crippen LogP contribution in [0.25, 0.3) is 11.0 Å². The number of nitrogens with zero attached hydrogens (tertiary/aromatic N) is 3. The Bertz CT molecular complexity index is 1320. The lowest BCUT2D eigenvalue weighted by Crippen LogP contribution is -2.24. The molecular formula is C27H25Cl2N3O2. The van der Waals surface area contributed by atoms with Crippen LogP contribution in [0, 0.1) is 0 Å². The van der Waals surface area contributed by atoms with Crippen molar-refractivity contribution in [2.45, 2.75) is 31.7 Å². The summed E-state index contributed by atoms with van der Waals surface area (Å²) in [6.45, 7) is 2.00. The Kier molecular flexibility index (Phi) is 6.75. The molecule has 4 aromatic rings. The minimum atomic E-state index is 0.0262. The third kappa shape index (κ3) is 4.77. The number of para-hydroxylation sites is 3. The van der Waals surface area contributed by atoms with E-state index in [-0.39, 0.29) is 11.8 Å². The van der Waals surface area contributed by atoms with Gasteiger partial charge < -0.3 is 14.2 Å². The molecule has 0 saturated carbocycles. The van der Waals surface area contributed by atoms with E-state index in [2.05, 4.69) is 10.6 Å². The second-order valence-corrected chi connectivity index (χ2v) is 9.33. The van der Waals surface area contributed by atoms with Gasteiger partial charge in [-0.1, -0.05) is 53.5 Å². The second-order valence-electron chi connectivity index (χ2n) is 8.48. The number of aromatic nitrogens is 2. The van der Waals surface area contributed by atoms with Crippen LogP contribution in [0.3, 0.4) is 0 Å². The minimum absolute atomic E-state index is 0.0262. The van der Waals surface area contributed by atoms with Crippen molar-refractivity contribution in [3.63, 3.8) is 0 Å². The zero-order valence-electron chi connectivity index (χ0n) is 18.7. The Labute approximate surface area is 208 Å². The van der Waals surface area contributed by atoms with Gasteiger partial charge in [0.1, 0.15) is 11.6 Å². The standard InChI is InChI=1S/C27H25Cl2N3O2/c28-20-8-7-9-21(17-20)32-18-19(16-26(32)33)27-30-23-11-2-3-12-24(23)31(27)14-5-6-15-34-25-13-4-1-10-22(25)29/h1-4,7-13,17,19H,5-6,14-16,18H2. The number of carbonyl (C=O) groups excluding carboxylic acids is 1. The Morgan fingerprint density at radius 3 is 2.65 bits per heavy atom. The first-order valence-electron chi connectivity index (χ1n) is 11.5. The predicted octanol–water partition coefficient (Wildman–Crippen LogP) is 6.72. The maximum Gasteiger partial charge on any atom is 0.227 e. The van der Waals surface area contributed by atoms with Crippen molar-refractivity contribution in [1.82, 2.24) is 9.55 Å². The lowest BCUT2D eigenvalue weighted by molar-refractivity contribution is -0.117. The molecule has 1 saturated heterocycles. The number of amides is 1. The highest BCUT2D eigenvalue weighted by atomic mass is 35.5. The molecule has 0 aliphatic carbocycles. The summed E-state index contributed by atoms with van der Waals surface area (Å²) in [6, 6.07) is 23.1. The van der Waals surface area contributed by atoms with Crippen LogP contribution in [-0.4, -0.2) is 28.6 Å². The van der Waals surface area contributed by atoms with Gasteiger partial charge in [-0.05, 0) is 55.3 Å². The van der Waals surface area contributed by atoms with E-state index in [0.29, 0.717) is 35.4 Å². The van der Waals surface area contributed by atoms with Gasteiger partial charge in [0.05, 0.1) is 22.7 Å². The predicted molar refractivity (Wildman–Crippen MR) is 137 cm³/mol. The van der Waals surface area contributed by atoms with E-state index in [4.69, 9.17) is 32.9 Å². The molecule has 34 heavy (non-hydrogen) atoms. The maximum atomic E-state index is 12.9. The number of rotatable bonds is 8. The first-order chi connectivity index (χ1) is 16.6. The van der Waals surface area contributed by atoms with Crippen molar-refractivity contribution in [1.29, 1.82) is 0 Å². The minimum Gasteiger partial charge on any atom is -0.492 e. The molecule has 0 radical (unpaired) electrons. The molecule has 1 atom stereocenters. The molecule has 3 aromatic carbocycles. The number of benzene rings is 3. The van der Waals surface area contributed by atoms with Crippen LogP contribution in [-0.2, 0) is 11.3 Å². The fourth-order valence-corrected chi connectivity index (χ4v) is 4.91. The molecule has 5 nitrogen and oxygen atoms in total. The molecule has 7 heteroatoms. The monoisotopic (exact) mass is 493 g/mol. The first kappa shape index (κ1) is 22.8. The second kappa shape index (κ2) is 10.1. The molecule has 2 heterocycles. The average molecular weight is 494 g/mol. The SMILES string of the molecule is O=C1CC(c2nc3ccccc3n2CCCCOc2ccccc2Cl)CN1c1cccc(Cl)c1. The van der Waals surface area contributed by atoms with Gasteiger partial charge in [0.2, 0.25) is 5.91 Å². The largest absolute Gasteiger partial charge is 0.492 e. The van der Waals surface area contributed by atoms with E-state index in [1.54, 1.807) is 0 Å². The van der Waals surface area contributed by atoms with Crippen LogP contribution in [0.5, 0.6) is 5.75 Å². The summed E-state index contributed by atoms with van der Waals surface area (Å²) in [5.74, 6) is 1.80. The van der Waals surface area contributed by atoms with Gasteiger partial charge >= 0.3 is 0 Å². The summed E-state index contributed by atoms with van der Waals surface area (Å²) in [6.07, 6.45) is 2.25. The topological polar surface area (TPSA) is 47.4 Å². The van der Waals surface area contributed by atoms with E-state index >= 15 is 0 Å². The smallest absolute Gasteiger partial charge is 0.227 e. The molecule has 1 amide bonds. The molecule has 1 fully saturated rings. The summed E-state index contributed by atoms with van der Waals surface area (Å²) in [7, 11) is 0. The summed E-state index contributed by atoms with van der Waals surface area (Å²) in [5.41, 5.74) is 2.89. The highest BCUT2D eigenvalue weighted by Crippen LogP contribution is 2.34. The van der Waals surface area contributed by atoms with E-state index in [1.807, 2.05) is 71.6 Å². The number of ether oxygens (including phenoxy) is 1. The van der Waals surface area contributed by atoms with Crippen LogP contribution in [0.2, 0.25) is 10.0 Å². The number of hydrogen-bond donors (Lipinski definition) is 0. The molecule has 0 spiro atoms. The number of carbonyl (C=O) groups is 1. The Balaban J connectivity index is 1.30. The highest BCUT2D eigenvalue weighted by molar-refractivity contribution is 6.32. The van der Waals surface area contributed by atoms with Crippen molar-refractivity contribution in [2.24, 2.45) is 0 Å². The maximum absolute atomic E-state index is 12.9. The van der Waals surface area contributed by atoms with Crippen LogP contribution >= 0.6 is 23.2 Å². The fraction of sp³-hybridized carbons (Fsp3) is 0.259. The molecule has 1 aromatic heterocycles. The molecule has 174 valence electrons. The Morgan fingerprint density at radius 2 is 1.79 bits per heavy atom. The van der Waals surface area contributed by atoms with Gasteiger partial charge in [0.25, 0.3) is 0 Å². The number of fused-ring (bicyclic) bond motifs is 1. The quantitative estimate of drug-likeness (QED) is 0.256. The molecular weight excluding hydrogens is 469 g/mol. The van der Waals surface area contributed by atoms with Crippen molar-refractivity contribution in [3.8, 4) is 5.75 Å². The number of unbranched alkanes of at least 4 members (excludes halogenated alkanes) is 1. The van der Waals surface area contributed by atoms with Crippen LogP contribution in [0.15, 0.2) is 72.8 Å². The van der Waals surface area contributed by atoms with Gasteiger partial charge in [-0.25, -0.2) is 4.98 Å². The molecule has 1 unspecified atom stereocenters.